The van der Waals surface area contributed by atoms with Crippen LogP contribution in [0.3, 0.4) is 0 Å². The SMILES string of the molecule is Cc1cc(NC(=O)c2cc3cc(Cl)ccc3n2NC(=O)C(=O)Nc2ccccc2F)ccc1Br. The van der Waals surface area contributed by atoms with E-state index in [2.05, 4.69) is 32.0 Å². The summed E-state index contributed by atoms with van der Waals surface area (Å²) >= 11 is 9.49. The number of amides is 3. The molecule has 0 radical (unpaired) electrons. The second-order valence-electron chi connectivity index (χ2n) is 7.36. The van der Waals surface area contributed by atoms with Crippen LogP contribution in [-0.4, -0.2) is 22.4 Å². The van der Waals surface area contributed by atoms with Crippen LogP contribution in [0.5, 0.6) is 0 Å². The van der Waals surface area contributed by atoms with Crippen molar-refractivity contribution in [3.63, 3.8) is 0 Å². The van der Waals surface area contributed by atoms with Gasteiger partial charge in [0.25, 0.3) is 5.91 Å². The summed E-state index contributed by atoms with van der Waals surface area (Å²) in [6.45, 7) is 1.88. The molecule has 172 valence electrons. The first-order valence-electron chi connectivity index (χ1n) is 9.98. The molecule has 3 aromatic carbocycles. The Balaban J connectivity index is 1.64. The molecule has 0 aliphatic carbocycles. The zero-order valence-corrected chi connectivity index (χ0v) is 20.0. The number of nitrogens with zero attached hydrogens (tertiary/aromatic N) is 1. The number of fused-ring (bicyclic) bond motifs is 1. The van der Waals surface area contributed by atoms with Crippen molar-refractivity contribution in [1.82, 2.24) is 4.68 Å². The lowest BCUT2D eigenvalue weighted by molar-refractivity contribution is -0.133. The van der Waals surface area contributed by atoms with Crippen LogP contribution in [0.1, 0.15) is 16.1 Å². The number of anilines is 2. The number of nitrogens with one attached hydrogen (secondary N) is 3. The van der Waals surface area contributed by atoms with E-state index in [1.54, 1.807) is 36.4 Å². The van der Waals surface area contributed by atoms with Gasteiger partial charge in [0.1, 0.15) is 11.5 Å². The molecule has 0 spiro atoms. The van der Waals surface area contributed by atoms with Crippen LogP contribution in [0.2, 0.25) is 5.02 Å². The second-order valence-corrected chi connectivity index (χ2v) is 8.65. The van der Waals surface area contributed by atoms with Crippen molar-refractivity contribution < 1.29 is 18.8 Å². The molecular formula is C24H17BrClFN4O3. The molecule has 3 amide bonds. The van der Waals surface area contributed by atoms with Crippen molar-refractivity contribution in [3.8, 4) is 0 Å². The third-order valence-electron chi connectivity index (χ3n) is 4.95. The maximum Gasteiger partial charge on any atom is 0.328 e. The van der Waals surface area contributed by atoms with Crippen LogP contribution in [0, 0.1) is 12.7 Å². The highest BCUT2D eigenvalue weighted by Crippen LogP contribution is 2.25. The van der Waals surface area contributed by atoms with Gasteiger partial charge in [0.15, 0.2) is 0 Å². The molecule has 0 saturated carbocycles. The fraction of sp³-hybridized carbons (Fsp3) is 0.0417. The monoisotopic (exact) mass is 542 g/mol. The van der Waals surface area contributed by atoms with Gasteiger partial charge in [-0.25, -0.2) is 9.07 Å². The summed E-state index contributed by atoms with van der Waals surface area (Å²) < 4.78 is 15.9. The molecule has 0 atom stereocenters. The molecule has 10 heteroatoms. The zero-order valence-electron chi connectivity index (χ0n) is 17.7. The number of carbonyl (C=O) groups excluding carboxylic acids is 3. The lowest BCUT2D eigenvalue weighted by atomic mass is 10.2. The zero-order chi connectivity index (χ0) is 24.4. The maximum atomic E-state index is 13.8. The minimum Gasteiger partial charge on any atom is -0.321 e. The number of aryl methyl sites for hydroxylation is 1. The van der Waals surface area contributed by atoms with Crippen LogP contribution < -0.4 is 16.1 Å². The van der Waals surface area contributed by atoms with E-state index in [1.165, 1.54) is 28.9 Å². The Hall–Kier alpha value is -3.69. The Morgan fingerprint density at radius 2 is 1.71 bits per heavy atom. The minimum atomic E-state index is -1.10. The summed E-state index contributed by atoms with van der Waals surface area (Å²) in [6, 6.07) is 17.1. The summed E-state index contributed by atoms with van der Waals surface area (Å²) in [5.41, 5.74) is 4.23. The predicted octanol–water partition coefficient (Wildman–Crippen LogP) is 5.47. The highest BCUT2D eigenvalue weighted by atomic mass is 79.9. The van der Waals surface area contributed by atoms with Crippen molar-refractivity contribution in [2.45, 2.75) is 6.92 Å². The van der Waals surface area contributed by atoms with E-state index in [1.807, 2.05) is 6.92 Å². The first kappa shape index (κ1) is 23.5. The molecule has 34 heavy (non-hydrogen) atoms. The highest BCUT2D eigenvalue weighted by molar-refractivity contribution is 9.10. The van der Waals surface area contributed by atoms with E-state index in [-0.39, 0.29) is 11.4 Å². The van der Waals surface area contributed by atoms with Gasteiger partial charge in [-0.05, 0) is 67.1 Å². The third kappa shape index (κ3) is 4.95. The van der Waals surface area contributed by atoms with Gasteiger partial charge in [0, 0.05) is 20.6 Å². The van der Waals surface area contributed by atoms with Crippen molar-refractivity contribution in [1.29, 1.82) is 0 Å². The second kappa shape index (κ2) is 9.66. The molecule has 1 heterocycles. The number of halogens is 3. The van der Waals surface area contributed by atoms with Crippen LogP contribution in [0.25, 0.3) is 10.9 Å². The number of para-hydroxylation sites is 1. The van der Waals surface area contributed by atoms with Gasteiger partial charge in [0.2, 0.25) is 0 Å². The Labute approximate surface area is 207 Å². The first-order valence-corrected chi connectivity index (χ1v) is 11.2. The molecular weight excluding hydrogens is 527 g/mol. The van der Waals surface area contributed by atoms with Crippen LogP contribution in [0.15, 0.2) is 71.2 Å². The van der Waals surface area contributed by atoms with Gasteiger partial charge in [-0.2, -0.15) is 0 Å². The van der Waals surface area contributed by atoms with Crippen molar-refractivity contribution in [2.75, 3.05) is 16.1 Å². The molecule has 4 aromatic rings. The van der Waals surface area contributed by atoms with E-state index >= 15 is 0 Å². The molecule has 0 bridgehead atoms. The molecule has 1 aromatic heterocycles. The molecule has 7 nitrogen and oxygen atoms in total. The topological polar surface area (TPSA) is 92.2 Å². The Morgan fingerprint density at radius 1 is 0.941 bits per heavy atom. The lowest BCUT2D eigenvalue weighted by Crippen LogP contribution is -2.36. The Kier molecular flexibility index (Phi) is 6.67. The average molecular weight is 544 g/mol. The van der Waals surface area contributed by atoms with Gasteiger partial charge in [0.05, 0.1) is 11.2 Å². The predicted molar refractivity (Wildman–Crippen MR) is 133 cm³/mol. The average Bonchev–Trinajstić information content (AvgIpc) is 3.15. The highest BCUT2D eigenvalue weighted by Gasteiger charge is 2.22. The minimum absolute atomic E-state index is 0.0601. The fourth-order valence-electron chi connectivity index (χ4n) is 3.29. The van der Waals surface area contributed by atoms with E-state index in [0.29, 0.717) is 21.6 Å². The van der Waals surface area contributed by atoms with Gasteiger partial charge in [-0.3, -0.25) is 19.8 Å². The summed E-state index contributed by atoms with van der Waals surface area (Å²) in [5, 5.41) is 5.99. The lowest BCUT2D eigenvalue weighted by Gasteiger charge is -2.13. The number of aromatic nitrogens is 1. The molecule has 0 saturated heterocycles. The number of benzene rings is 3. The maximum absolute atomic E-state index is 13.8. The Morgan fingerprint density at radius 3 is 2.44 bits per heavy atom. The van der Waals surface area contributed by atoms with E-state index in [4.69, 9.17) is 11.6 Å². The first-order chi connectivity index (χ1) is 16.2. The normalized spacial score (nSPS) is 10.7. The Bertz CT molecular complexity index is 1450. The largest absolute Gasteiger partial charge is 0.328 e. The summed E-state index contributed by atoms with van der Waals surface area (Å²) in [5.74, 6) is -3.40. The smallest absolute Gasteiger partial charge is 0.321 e. The number of hydrogen-bond donors (Lipinski definition) is 3. The van der Waals surface area contributed by atoms with E-state index in [9.17, 15) is 18.8 Å². The van der Waals surface area contributed by atoms with E-state index < -0.39 is 23.5 Å². The standard InChI is InChI=1S/C24H17BrClFN4O3/c1-13-10-16(7-8-17(13)25)28-22(32)21-12-14-11-15(26)6-9-20(14)31(21)30-24(34)23(33)29-19-5-3-2-4-18(19)27/h2-12H,1H3,(H,28,32)(H,29,33)(H,30,34). The van der Waals surface area contributed by atoms with Crippen LogP contribution in [0.4, 0.5) is 15.8 Å². The van der Waals surface area contributed by atoms with Crippen molar-refractivity contribution in [2.24, 2.45) is 0 Å². The number of rotatable bonds is 4. The fourth-order valence-corrected chi connectivity index (χ4v) is 3.71. The van der Waals surface area contributed by atoms with Gasteiger partial charge >= 0.3 is 11.8 Å². The quantitative estimate of drug-likeness (QED) is 0.298. The molecule has 0 fully saturated rings. The summed E-state index contributed by atoms with van der Waals surface area (Å²) in [6.07, 6.45) is 0. The van der Waals surface area contributed by atoms with Gasteiger partial charge in [-0.15, -0.1) is 0 Å². The van der Waals surface area contributed by atoms with Gasteiger partial charge < -0.3 is 10.6 Å². The van der Waals surface area contributed by atoms with Crippen molar-refractivity contribution in [3.05, 3.63) is 93.3 Å². The van der Waals surface area contributed by atoms with Crippen LogP contribution in [-0.2, 0) is 9.59 Å². The summed E-state index contributed by atoms with van der Waals surface area (Å²) in [7, 11) is 0. The third-order valence-corrected chi connectivity index (χ3v) is 6.08. The number of carbonyl (C=O) groups is 3. The summed E-state index contributed by atoms with van der Waals surface area (Å²) in [4.78, 5) is 38.1. The molecule has 4 rings (SSSR count). The molecule has 0 aliphatic rings. The van der Waals surface area contributed by atoms with E-state index in [0.717, 1.165) is 16.1 Å². The molecule has 3 N–H and O–H groups in total. The number of hydrogen-bond acceptors (Lipinski definition) is 3. The molecule has 0 unspecified atom stereocenters. The van der Waals surface area contributed by atoms with Crippen LogP contribution >= 0.6 is 27.5 Å². The van der Waals surface area contributed by atoms with Crippen molar-refractivity contribution >= 4 is 67.5 Å². The van der Waals surface area contributed by atoms with Gasteiger partial charge in [-0.1, -0.05) is 39.7 Å². The molecule has 0 aliphatic heterocycles.